The fraction of sp³-hybridized carbons (Fsp3) is 0.100. The molecule has 2 aromatic rings. The summed E-state index contributed by atoms with van der Waals surface area (Å²) in [5, 5.41) is 1.05. The summed E-state index contributed by atoms with van der Waals surface area (Å²) in [6.07, 6.45) is 1.81. The van der Waals surface area contributed by atoms with Gasteiger partial charge in [-0.25, -0.2) is 0 Å². The van der Waals surface area contributed by atoms with E-state index >= 15 is 0 Å². The molecule has 1 aromatic carbocycles. The van der Waals surface area contributed by atoms with Crippen LogP contribution in [0.4, 0.5) is 0 Å². The number of aromatic amines is 1. The number of nitrogens with one attached hydrogen (secondary N) is 1. The van der Waals surface area contributed by atoms with Crippen LogP contribution in [0, 0.1) is 6.92 Å². The van der Waals surface area contributed by atoms with Gasteiger partial charge >= 0.3 is 0 Å². The second-order valence-electron chi connectivity index (χ2n) is 3.06. The number of hydrogen-bond donors (Lipinski definition) is 2. The van der Waals surface area contributed by atoms with Crippen molar-refractivity contribution in [1.82, 2.24) is 4.98 Å². The number of carbonyl (C=O) groups is 1. The summed E-state index contributed by atoms with van der Waals surface area (Å²) in [5.41, 5.74) is 7.74. The number of aromatic nitrogens is 1. The second kappa shape index (κ2) is 2.62. The number of hydrogen-bond acceptors (Lipinski definition) is 1. The monoisotopic (exact) mass is 174 g/mol. The summed E-state index contributed by atoms with van der Waals surface area (Å²) in [4.78, 5) is 14.0. The van der Waals surface area contributed by atoms with Gasteiger partial charge < -0.3 is 10.7 Å². The maximum Gasteiger partial charge on any atom is 0.250 e. The highest BCUT2D eigenvalue weighted by atomic mass is 16.1. The summed E-state index contributed by atoms with van der Waals surface area (Å²) in [6.45, 7) is 2.00. The molecule has 3 nitrogen and oxygen atoms in total. The molecular formula is C10H10N2O. The average molecular weight is 174 g/mol. The molecule has 0 bridgehead atoms. The number of H-pyrrole nitrogens is 1. The first-order valence-electron chi connectivity index (χ1n) is 4.06. The minimum atomic E-state index is -0.396. The third kappa shape index (κ3) is 1.09. The van der Waals surface area contributed by atoms with Crippen LogP contribution in [0.1, 0.15) is 15.9 Å². The maximum atomic E-state index is 11.0. The lowest BCUT2D eigenvalue weighted by molar-refractivity contribution is 0.100. The first-order chi connectivity index (χ1) is 6.20. The smallest absolute Gasteiger partial charge is 0.250 e. The summed E-state index contributed by atoms with van der Waals surface area (Å²) in [6, 6.07) is 5.59. The Balaban J connectivity index is 2.86. The molecule has 1 aromatic heterocycles. The molecule has 0 aliphatic carbocycles. The lowest BCUT2D eigenvalue weighted by atomic mass is 10.1. The van der Waals surface area contributed by atoms with Crippen molar-refractivity contribution < 1.29 is 4.79 Å². The van der Waals surface area contributed by atoms with Crippen LogP contribution >= 0.6 is 0 Å². The minimum Gasteiger partial charge on any atom is -0.366 e. The average Bonchev–Trinajstić information content (AvgIpc) is 2.53. The molecule has 0 aliphatic heterocycles. The van der Waals surface area contributed by atoms with Gasteiger partial charge in [0, 0.05) is 11.6 Å². The summed E-state index contributed by atoms with van der Waals surface area (Å²) in [5.74, 6) is -0.396. The van der Waals surface area contributed by atoms with Crippen LogP contribution < -0.4 is 5.73 Å². The summed E-state index contributed by atoms with van der Waals surface area (Å²) >= 11 is 0. The van der Waals surface area contributed by atoms with E-state index in [4.69, 9.17) is 5.73 Å². The standard InChI is InChI=1S/C10H10N2O/c1-6-2-3-8(10(11)13)9-7(6)4-5-12-9/h2-5,12H,1H3,(H2,11,13). The molecule has 1 amide bonds. The molecular weight excluding hydrogens is 164 g/mol. The van der Waals surface area contributed by atoms with Gasteiger partial charge in [0.05, 0.1) is 11.1 Å². The quantitative estimate of drug-likeness (QED) is 0.677. The number of carbonyl (C=O) groups excluding carboxylic acids is 1. The van der Waals surface area contributed by atoms with Gasteiger partial charge in [-0.2, -0.15) is 0 Å². The van der Waals surface area contributed by atoms with Gasteiger partial charge in [0.25, 0.3) is 5.91 Å². The van der Waals surface area contributed by atoms with Crippen LogP contribution in [-0.2, 0) is 0 Å². The van der Waals surface area contributed by atoms with Crippen molar-refractivity contribution in [2.45, 2.75) is 6.92 Å². The molecule has 3 heteroatoms. The lowest BCUT2D eigenvalue weighted by Crippen LogP contribution is -2.11. The van der Waals surface area contributed by atoms with Crippen molar-refractivity contribution in [3.05, 3.63) is 35.5 Å². The molecule has 0 unspecified atom stereocenters. The highest BCUT2D eigenvalue weighted by Crippen LogP contribution is 2.20. The zero-order valence-corrected chi connectivity index (χ0v) is 7.29. The molecule has 0 aliphatic rings. The normalized spacial score (nSPS) is 10.5. The van der Waals surface area contributed by atoms with Gasteiger partial charge in [-0.05, 0) is 24.6 Å². The van der Waals surface area contributed by atoms with Crippen LogP contribution in [0.25, 0.3) is 10.9 Å². The molecule has 3 N–H and O–H groups in total. The van der Waals surface area contributed by atoms with Crippen molar-refractivity contribution in [3.8, 4) is 0 Å². The Hall–Kier alpha value is -1.77. The number of primary amides is 1. The molecule has 0 saturated carbocycles. The molecule has 0 atom stereocenters. The van der Waals surface area contributed by atoms with Gasteiger partial charge in [-0.3, -0.25) is 4.79 Å². The molecule has 66 valence electrons. The number of fused-ring (bicyclic) bond motifs is 1. The van der Waals surface area contributed by atoms with Crippen molar-refractivity contribution in [2.75, 3.05) is 0 Å². The van der Waals surface area contributed by atoms with E-state index < -0.39 is 5.91 Å². The van der Waals surface area contributed by atoms with Gasteiger partial charge in [-0.15, -0.1) is 0 Å². The van der Waals surface area contributed by atoms with E-state index in [1.54, 1.807) is 6.07 Å². The zero-order chi connectivity index (χ0) is 9.42. The molecule has 0 radical (unpaired) electrons. The molecule has 13 heavy (non-hydrogen) atoms. The number of rotatable bonds is 1. The third-order valence-electron chi connectivity index (χ3n) is 2.21. The van der Waals surface area contributed by atoms with Gasteiger partial charge in [0.2, 0.25) is 0 Å². The van der Waals surface area contributed by atoms with Crippen LogP contribution in [-0.4, -0.2) is 10.9 Å². The second-order valence-corrected chi connectivity index (χ2v) is 3.06. The molecule has 0 spiro atoms. The fourth-order valence-electron chi connectivity index (χ4n) is 1.51. The molecule has 2 rings (SSSR count). The zero-order valence-electron chi connectivity index (χ0n) is 7.29. The molecule has 0 fully saturated rings. The highest BCUT2D eigenvalue weighted by molar-refractivity contribution is 6.05. The van der Waals surface area contributed by atoms with Crippen molar-refractivity contribution in [2.24, 2.45) is 5.73 Å². The van der Waals surface area contributed by atoms with Crippen molar-refractivity contribution >= 4 is 16.8 Å². The largest absolute Gasteiger partial charge is 0.366 e. The highest BCUT2D eigenvalue weighted by Gasteiger charge is 2.07. The number of nitrogens with two attached hydrogens (primary N) is 1. The SMILES string of the molecule is Cc1ccc(C(N)=O)c2[nH]ccc12. The number of amides is 1. The number of benzene rings is 1. The van der Waals surface area contributed by atoms with E-state index in [-0.39, 0.29) is 0 Å². The Labute approximate surface area is 75.6 Å². The van der Waals surface area contributed by atoms with Gasteiger partial charge in [0.1, 0.15) is 0 Å². The Morgan fingerprint density at radius 3 is 2.85 bits per heavy atom. The fourth-order valence-corrected chi connectivity index (χ4v) is 1.51. The van der Waals surface area contributed by atoms with Crippen molar-refractivity contribution in [3.63, 3.8) is 0 Å². The lowest BCUT2D eigenvalue weighted by Gasteiger charge is -2.00. The molecule has 0 saturated heterocycles. The summed E-state index contributed by atoms with van der Waals surface area (Å²) < 4.78 is 0. The first-order valence-corrected chi connectivity index (χ1v) is 4.06. The van der Waals surface area contributed by atoms with E-state index in [1.807, 2.05) is 25.3 Å². The van der Waals surface area contributed by atoms with Gasteiger partial charge in [0.15, 0.2) is 0 Å². The first kappa shape index (κ1) is 7.86. The maximum absolute atomic E-state index is 11.0. The van der Waals surface area contributed by atoms with E-state index in [9.17, 15) is 4.79 Å². The Morgan fingerprint density at radius 1 is 1.38 bits per heavy atom. The minimum absolute atomic E-state index is 0.396. The third-order valence-corrected chi connectivity index (χ3v) is 2.21. The summed E-state index contributed by atoms with van der Waals surface area (Å²) in [7, 11) is 0. The van der Waals surface area contributed by atoms with Crippen LogP contribution in [0.3, 0.4) is 0 Å². The van der Waals surface area contributed by atoms with Crippen molar-refractivity contribution in [1.29, 1.82) is 0 Å². The van der Waals surface area contributed by atoms with E-state index in [0.717, 1.165) is 16.5 Å². The molecule has 1 heterocycles. The Kier molecular flexibility index (Phi) is 1.59. The van der Waals surface area contributed by atoms with E-state index in [1.165, 1.54) is 0 Å². The predicted octanol–water partition coefficient (Wildman–Crippen LogP) is 1.58. The van der Waals surface area contributed by atoms with E-state index in [0.29, 0.717) is 5.56 Å². The van der Waals surface area contributed by atoms with Crippen LogP contribution in [0.15, 0.2) is 24.4 Å². The topological polar surface area (TPSA) is 58.9 Å². The predicted molar refractivity (Wildman–Crippen MR) is 51.6 cm³/mol. The number of aryl methyl sites for hydroxylation is 1. The van der Waals surface area contributed by atoms with Crippen LogP contribution in [0.2, 0.25) is 0 Å². The Bertz CT molecular complexity index is 471. The van der Waals surface area contributed by atoms with Crippen LogP contribution in [0.5, 0.6) is 0 Å². The Morgan fingerprint density at radius 2 is 2.15 bits per heavy atom. The van der Waals surface area contributed by atoms with Gasteiger partial charge in [-0.1, -0.05) is 6.07 Å². The van der Waals surface area contributed by atoms with E-state index in [2.05, 4.69) is 4.98 Å².